The molecule has 0 aliphatic carbocycles. The van der Waals surface area contributed by atoms with E-state index in [1.54, 1.807) is 23.1 Å². The molecule has 1 N–H and O–H groups in total. The number of hydrogen-bond donors (Lipinski definition) is 1. The van der Waals surface area contributed by atoms with Gasteiger partial charge in [0.2, 0.25) is 0 Å². The Labute approximate surface area is 178 Å². The first-order valence-corrected chi connectivity index (χ1v) is 10.3. The monoisotopic (exact) mass is 438 g/mol. The highest BCUT2D eigenvalue weighted by atomic mass is 19.4. The van der Waals surface area contributed by atoms with E-state index >= 15 is 0 Å². The van der Waals surface area contributed by atoms with Crippen LogP contribution in [0.5, 0.6) is 11.5 Å². The molecule has 3 heterocycles. The quantitative estimate of drug-likeness (QED) is 0.776. The van der Waals surface area contributed by atoms with Crippen molar-refractivity contribution in [2.24, 2.45) is 0 Å². The largest absolute Gasteiger partial charge is 0.493 e. The Morgan fingerprint density at radius 1 is 1.13 bits per heavy atom. The van der Waals surface area contributed by atoms with E-state index < -0.39 is 18.3 Å². The molecule has 2 aliphatic rings. The van der Waals surface area contributed by atoms with Crippen molar-refractivity contribution in [1.29, 1.82) is 0 Å². The maximum absolute atomic E-state index is 13.9. The lowest BCUT2D eigenvalue weighted by molar-refractivity contribution is -0.173. The zero-order valence-corrected chi connectivity index (χ0v) is 17.4. The summed E-state index contributed by atoms with van der Waals surface area (Å²) in [4.78, 5) is 14.7. The van der Waals surface area contributed by atoms with Gasteiger partial charge in [-0.25, -0.2) is 4.68 Å². The van der Waals surface area contributed by atoms with Crippen LogP contribution in [-0.2, 0) is 0 Å². The summed E-state index contributed by atoms with van der Waals surface area (Å²) >= 11 is 0. The van der Waals surface area contributed by atoms with E-state index in [1.807, 2.05) is 0 Å². The zero-order valence-electron chi connectivity index (χ0n) is 17.4. The molecule has 2 atom stereocenters. The Kier molecular flexibility index (Phi) is 5.72. The second-order valence-electron chi connectivity index (χ2n) is 7.81. The minimum Gasteiger partial charge on any atom is -0.493 e. The molecule has 0 bridgehead atoms. The van der Waals surface area contributed by atoms with E-state index in [2.05, 4.69) is 10.4 Å². The second-order valence-corrected chi connectivity index (χ2v) is 7.81. The maximum atomic E-state index is 13.9. The molecular weight excluding hydrogens is 413 g/mol. The smallest absolute Gasteiger partial charge is 0.410 e. The molecule has 168 valence electrons. The van der Waals surface area contributed by atoms with E-state index in [-0.39, 0.29) is 23.7 Å². The Bertz CT molecular complexity index is 954. The first-order valence-electron chi connectivity index (χ1n) is 10.3. The molecule has 1 aromatic carbocycles. The summed E-state index contributed by atoms with van der Waals surface area (Å²) < 4.78 is 53.2. The minimum absolute atomic E-state index is 0.101. The Morgan fingerprint density at radius 3 is 2.48 bits per heavy atom. The molecule has 1 amide bonds. The van der Waals surface area contributed by atoms with Crippen molar-refractivity contribution in [3.05, 3.63) is 35.5 Å². The first kappa shape index (κ1) is 21.3. The molecule has 4 rings (SSSR count). The van der Waals surface area contributed by atoms with E-state index in [0.29, 0.717) is 30.2 Å². The lowest BCUT2D eigenvalue weighted by Gasteiger charge is -2.34. The molecule has 0 radical (unpaired) electrons. The number of carbonyl (C=O) groups is 1. The Balaban J connectivity index is 1.71. The number of ether oxygens (including phenoxy) is 2. The number of likely N-dealkylation sites (tertiary alicyclic amines) is 1. The number of nitrogens with zero attached hydrogens (tertiary/aromatic N) is 3. The standard InChI is InChI=1S/C21H25F3N4O3/c1-30-16-7-6-13(10-17(16)31-2)15-11-18(21(22,23)24)28-19(26-15)14(12-25-28)20(29)27-8-4-3-5-9-27/h6-7,10,12,15,18,26H,3-5,8-9,11H2,1-2H3/t15-,18+/m0/s1. The topological polar surface area (TPSA) is 68.6 Å². The van der Waals surface area contributed by atoms with Gasteiger partial charge >= 0.3 is 6.18 Å². The number of alkyl halides is 3. The SMILES string of the molecule is COc1ccc([C@@H]2C[C@H](C(F)(F)F)n3ncc(C(=O)N4CCCCC4)c3N2)cc1OC. The molecule has 7 nitrogen and oxygen atoms in total. The van der Waals surface area contributed by atoms with Crippen LogP contribution in [0.1, 0.15) is 53.7 Å². The van der Waals surface area contributed by atoms with Crippen molar-refractivity contribution < 1.29 is 27.4 Å². The number of amides is 1. The fourth-order valence-electron chi connectivity index (χ4n) is 4.27. The van der Waals surface area contributed by atoms with Crippen LogP contribution >= 0.6 is 0 Å². The molecular formula is C21H25F3N4O3. The third-order valence-corrected chi connectivity index (χ3v) is 5.92. The second kappa shape index (κ2) is 8.32. The highest BCUT2D eigenvalue weighted by Gasteiger charge is 2.47. The number of piperidine rings is 1. The van der Waals surface area contributed by atoms with Gasteiger partial charge in [-0.1, -0.05) is 6.07 Å². The van der Waals surface area contributed by atoms with Crippen molar-refractivity contribution in [1.82, 2.24) is 14.7 Å². The highest BCUT2D eigenvalue weighted by molar-refractivity contribution is 5.99. The molecule has 1 aromatic heterocycles. The summed E-state index contributed by atoms with van der Waals surface area (Å²) in [5, 5.41) is 7.08. The van der Waals surface area contributed by atoms with Crippen molar-refractivity contribution in [3.8, 4) is 11.5 Å². The summed E-state index contributed by atoms with van der Waals surface area (Å²) in [6, 6.07) is 2.49. The molecule has 0 unspecified atom stereocenters. The van der Waals surface area contributed by atoms with E-state index in [1.165, 1.54) is 20.4 Å². The van der Waals surface area contributed by atoms with Crippen molar-refractivity contribution in [2.75, 3.05) is 32.6 Å². The fourth-order valence-corrected chi connectivity index (χ4v) is 4.27. The van der Waals surface area contributed by atoms with Gasteiger partial charge < -0.3 is 19.7 Å². The summed E-state index contributed by atoms with van der Waals surface area (Å²) in [5.74, 6) is 0.723. The summed E-state index contributed by atoms with van der Waals surface area (Å²) in [5.41, 5.74) is 0.775. The molecule has 2 aliphatic heterocycles. The predicted molar refractivity (Wildman–Crippen MR) is 108 cm³/mol. The number of aromatic nitrogens is 2. The third-order valence-electron chi connectivity index (χ3n) is 5.92. The van der Waals surface area contributed by atoms with E-state index in [4.69, 9.17) is 9.47 Å². The number of carbonyl (C=O) groups excluding carboxylic acids is 1. The molecule has 31 heavy (non-hydrogen) atoms. The van der Waals surface area contributed by atoms with Crippen LogP contribution in [0.25, 0.3) is 0 Å². The number of benzene rings is 1. The summed E-state index contributed by atoms with van der Waals surface area (Å²) in [6.07, 6.45) is -0.695. The van der Waals surface area contributed by atoms with Crippen molar-refractivity contribution in [3.63, 3.8) is 0 Å². The van der Waals surface area contributed by atoms with Crippen LogP contribution in [0, 0.1) is 0 Å². The number of halogens is 3. The lowest BCUT2D eigenvalue weighted by Crippen LogP contribution is -2.38. The third kappa shape index (κ3) is 4.03. The number of methoxy groups -OCH3 is 2. The van der Waals surface area contributed by atoms with Gasteiger partial charge in [0.25, 0.3) is 5.91 Å². The van der Waals surface area contributed by atoms with E-state index in [9.17, 15) is 18.0 Å². The number of nitrogens with one attached hydrogen (secondary N) is 1. The van der Waals surface area contributed by atoms with Crippen LogP contribution in [0.2, 0.25) is 0 Å². The van der Waals surface area contributed by atoms with E-state index in [0.717, 1.165) is 23.9 Å². The Morgan fingerprint density at radius 2 is 1.84 bits per heavy atom. The average Bonchev–Trinajstić information content (AvgIpc) is 3.21. The maximum Gasteiger partial charge on any atom is 0.410 e. The van der Waals surface area contributed by atoms with Crippen LogP contribution in [-0.4, -0.2) is 54.1 Å². The predicted octanol–water partition coefficient (Wildman–Crippen LogP) is 4.19. The van der Waals surface area contributed by atoms with Crippen LogP contribution in [0.15, 0.2) is 24.4 Å². The van der Waals surface area contributed by atoms with Crippen LogP contribution in [0.3, 0.4) is 0 Å². The van der Waals surface area contributed by atoms with Gasteiger partial charge in [0.1, 0.15) is 11.4 Å². The molecule has 10 heteroatoms. The van der Waals surface area contributed by atoms with Crippen LogP contribution in [0.4, 0.5) is 19.0 Å². The van der Waals surface area contributed by atoms with Gasteiger partial charge in [-0.2, -0.15) is 18.3 Å². The number of fused-ring (bicyclic) bond motifs is 1. The normalized spacial score (nSPS) is 21.3. The van der Waals surface area contributed by atoms with Gasteiger partial charge in [0.05, 0.1) is 26.5 Å². The minimum atomic E-state index is -4.51. The molecule has 1 fully saturated rings. The molecule has 0 saturated carbocycles. The average molecular weight is 438 g/mol. The summed E-state index contributed by atoms with van der Waals surface area (Å²) in [6.45, 7) is 1.20. The number of hydrogen-bond acceptors (Lipinski definition) is 5. The molecule has 2 aromatic rings. The van der Waals surface area contributed by atoms with Gasteiger partial charge in [0.15, 0.2) is 17.5 Å². The zero-order chi connectivity index (χ0) is 22.2. The molecule has 1 saturated heterocycles. The fraction of sp³-hybridized carbons (Fsp3) is 0.524. The first-order chi connectivity index (χ1) is 14.8. The Hall–Kier alpha value is -2.91. The van der Waals surface area contributed by atoms with Gasteiger partial charge in [0, 0.05) is 19.5 Å². The van der Waals surface area contributed by atoms with Crippen LogP contribution < -0.4 is 14.8 Å². The highest BCUT2D eigenvalue weighted by Crippen LogP contribution is 2.45. The van der Waals surface area contributed by atoms with Gasteiger partial charge in [-0.15, -0.1) is 0 Å². The van der Waals surface area contributed by atoms with Crippen molar-refractivity contribution >= 4 is 11.7 Å². The van der Waals surface area contributed by atoms with Gasteiger partial charge in [-0.3, -0.25) is 4.79 Å². The number of anilines is 1. The molecule has 0 spiro atoms. The lowest BCUT2D eigenvalue weighted by atomic mass is 9.96. The summed E-state index contributed by atoms with van der Waals surface area (Å²) in [7, 11) is 2.96. The number of rotatable bonds is 4. The van der Waals surface area contributed by atoms with Gasteiger partial charge in [-0.05, 0) is 37.0 Å². The van der Waals surface area contributed by atoms with Crippen molar-refractivity contribution in [2.45, 2.75) is 43.9 Å².